The van der Waals surface area contributed by atoms with Crippen LogP contribution in [0.1, 0.15) is 52.4 Å². The van der Waals surface area contributed by atoms with Crippen LogP contribution in [0.3, 0.4) is 0 Å². The lowest BCUT2D eigenvalue weighted by Gasteiger charge is -2.34. The van der Waals surface area contributed by atoms with Crippen molar-refractivity contribution in [3.63, 3.8) is 0 Å². The van der Waals surface area contributed by atoms with E-state index < -0.39 is 8.32 Å². The normalized spacial score (nSPS) is 21.0. The van der Waals surface area contributed by atoms with E-state index in [2.05, 4.69) is 13.8 Å². The summed E-state index contributed by atoms with van der Waals surface area (Å²) in [6, 6.07) is 4.23. The van der Waals surface area contributed by atoms with Gasteiger partial charge in [-0.2, -0.15) is 0 Å². The molecule has 0 aromatic heterocycles. The fourth-order valence-corrected chi connectivity index (χ4v) is 6.25. The summed E-state index contributed by atoms with van der Waals surface area (Å²) in [6.45, 7) is 5.65. The Morgan fingerprint density at radius 2 is 1.71 bits per heavy atom. The molecule has 0 aliphatic carbocycles. The minimum Gasteiger partial charge on any atom is -0.417 e. The lowest BCUT2D eigenvalue weighted by atomic mass is 10.3. The molecule has 0 unspecified atom stereocenters. The molecule has 0 amide bonds. The monoisotopic (exact) mass is 214 g/mol. The average Bonchev–Trinajstić information content (AvgIpc) is 2.26. The zero-order valence-corrected chi connectivity index (χ0v) is 11.0. The number of hydrogen-bond acceptors (Lipinski definition) is 1. The third kappa shape index (κ3) is 3.74. The van der Waals surface area contributed by atoms with Crippen molar-refractivity contribution in [3.05, 3.63) is 0 Å². The van der Waals surface area contributed by atoms with E-state index >= 15 is 0 Å². The van der Waals surface area contributed by atoms with Gasteiger partial charge >= 0.3 is 0 Å². The van der Waals surface area contributed by atoms with Gasteiger partial charge in [0, 0.05) is 6.61 Å². The van der Waals surface area contributed by atoms with Crippen LogP contribution in [0, 0.1) is 0 Å². The Hall–Kier alpha value is 0.177. The second-order valence-corrected chi connectivity index (χ2v) is 9.01. The van der Waals surface area contributed by atoms with Gasteiger partial charge in [0.1, 0.15) is 0 Å². The van der Waals surface area contributed by atoms with Crippen molar-refractivity contribution in [2.45, 2.75) is 70.5 Å². The van der Waals surface area contributed by atoms with Gasteiger partial charge in [-0.15, -0.1) is 0 Å². The summed E-state index contributed by atoms with van der Waals surface area (Å²) in [5, 5.41) is 0. The summed E-state index contributed by atoms with van der Waals surface area (Å²) in [6.07, 6.45) is 8.26. The Morgan fingerprint density at radius 3 is 2.29 bits per heavy atom. The molecule has 0 bridgehead atoms. The van der Waals surface area contributed by atoms with Gasteiger partial charge in [0.15, 0.2) is 8.32 Å². The van der Waals surface area contributed by atoms with Gasteiger partial charge in [-0.25, -0.2) is 0 Å². The van der Waals surface area contributed by atoms with E-state index in [9.17, 15) is 0 Å². The molecular weight excluding hydrogens is 188 g/mol. The van der Waals surface area contributed by atoms with Crippen LogP contribution in [0.5, 0.6) is 0 Å². The molecule has 0 N–H and O–H groups in total. The van der Waals surface area contributed by atoms with Crippen molar-refractivity contribution in [1.29, 1.82) is 0 Å². The molecule has 0 aromatic rings. The van der Waals surface area contributed by atoms with Gasteiger partial charge in [-0.05, 0) is 24.6 Å². The second kappa shape index (κ2) is 6.62. The molecule has 1 nitrogen and oxygen atoms in total. The van der Waals surface area contributed by atoms with Gasteiger partial charge in [-0.3, -0.25) is 0 Å². The summed E-state index contributed by atoms with van der Waals surface area (Å²) in [4.78, 5) is 0. The SMILES string of the molecule is CCCCCO[Si]1(CC)CCCCC1. The van der Waals surface area contributed by atoms with Crippen LogP contribution in [0.15, 0.2) is 0 Å². The van der Waals surface area contributed by atoms with E-state index in [4.69, 9.17) is 4.43 Å². The summed E-state index contributed by atoms with van der Waals surface area (Å²) in [5.74, 6) is 0. The zero-order chi connectivity index (χ0) is 10.3. The Labute approximate surface area is 90.4 Å². The van der Waals surface area contributed by atoms with Gasteiger partial charge < -0.3 is 4.43 Å². The average molecular weight is 214 g/mol. The van der Waals surface area contributed by atoms with Crippen molar-refractivity contribution in [2.24, 2.45) is 0 Å². The van der Waals surface area contributed by atoms with Gasteiger partial charge in [0.2, 0.25) is 0 Å². The van der Waals surface area contributed by atoms with Crippen molar-refractivity contribution in [3.8, 4) is 0 Å². The molecule has 2 heteroatoms. The summed E-state index contributed by atoms with van der Waals surface area (Å²) >= 11 is 0. The highest BCUT2D eigenvalue weighted by molar-refractivity contribution is 6.73. The quantitative estimate of drug-likeness (QED) is 0.472. The molecule has 1 rings (SSSR count). The first kappa shape index (κ1) is 12.2. The smallest absolute Gasteiger partial charge is 0.192 e. The molecule has 84 valence electrons. The standard InChI is InChI=1S/C12H26OSi/c1-3-5-7-10-13-14(4-2)11-8-6-9-12-14/h3-12H2,1-2H3. The lowest BCUT2D eigenvalue weighted by molar-refractivity contribution is 0.281. The Morgan fingerprint density at radius 1 is 1.00 bits per heavy atom. The van der Waals surface area contributed by atoms with Crippen LogP contribution in [0.4, 0.5) is 0 Å². The molecule has 1 heterocycles. The third-order valence-electron chi connectivity index (χ3n) is 3.57. The molecular formula is C12H26OSi. The van der Waals surface area contributed by atoms with E-state index in [1.54, 1.807) is 0 Å². The predicted octanol–water partition coefficient (Wildman–Crippen LogP) is 4.34. The Balaban J connectivity index is 2.22. The number of rotatable bonds is 6. The Bertz CT molecular complexity index is 141. The first-order valence-electron chi connectivity index (χ1n) is 6.47. The molecule has 0 atom stereocenters. The van der Waals surface area contributed by atoms with Crippen molar-refractivity contribution < 1.29 is 4.43 Å². The van der Waals surface area contributed by atoms with Crippen LogP contribution < -0.4 is 0 Å². The molecule has 1 aliphatic rings. The van der Waals surface area contributed by atoms with Crippen LogP contribution in [0.2, 0.25) is 18.1 Å². The summed E-state index contributed by atoms with van der Waals surface area (Å²) in [7, 11) is -1.21. The van der Waals surface area contributed by atoms with Crippen LogP contribution in [0.25, 0.3) is 0 Å². The molecule has 0 aromatic carbocycles. The van der Waals surface area contributed by atoms with Gasteiger partial charge in [0.05, 0.1) is 0 Å². The molecule has 1 fully saturated rings. The molecule has 0 radical (unpaired) electrons. The zero-order valence-electron chi connectivity index (χ0n) is 9.98. The molecule has 14 heavy (non-hydrogen) atoms. The van der Waals surface area contributed by atoms with E-state index in [0.29, 0.717) is 0 Å². The van der Waals surface area contributed by atoms with E-state index in [1.807, 2.05) is 0 Å². The third-order valence-corrected chi connectivity index (χ3v) is 8.20. The van der Waals surface area contributed by atoms with Crippen molar-refractivity contribution in [2.75, 3.05) is 6.61 Å². The Kier molecular flexibility index (Phi) is 5.79. The first-order valence-corrected chi connectivity index (χ1v) is 9.00. The minimum absolute atomic E-state index is 1.05. The van der Waals surface area contributed by atoms with E-state index in [1.165, 1.54) is 56.7 Å². The fraction of sp³-hybridized carbons (Fsp3) is 1.00. The molecule has 1 aliphatic heterocycles. The van der Waals surface area contributed by atoms with Crippen LogP contribution >= 0.6 is 0 Å². The number of hydrogen-bond donors (Lipinski definition) is 0. The van der Waals surface area contributed by atoms with Crippen LogP contribution in [-0.2, 0) is 4.43 Å². The van der Waals surface area contributed by atoms with E-state index in [0.717, 1.165) is 6.61 Å². The highest BCUT2D eigenvalue weighted by atomic mass is 28.4. The molecule has 0 spiro atoms. The van der Waals surface area contributed by atoms with Gasteiger partial charge in [0.25, 0.3) is 0 Å². The summed E-state index contributed by atoms with van der Waals surface area (Å²) < 4.78 is 6.26. The first-order chi connectivity index (χ1) is 6.83. The van der Waals surface area contributed by atoms with Crippen molar-refractivity contribution >= 4 is 8.32 Å². The van der Waals surface area contributed by atoms with Gasteiger partial charge in [-0.1, -0.05) is 46.0 Å². The second-order valence-electron chi connectivity index (χ2n) is 4.65. The lowest BCUT2D eigenvalue weighted by Crippen LogP contribution is -2.39. The van der Waals surface area contributed by atoms with E-state index in [-0.39, 0.29) is 0 Å². The largest absolute Gasteiger partial charge is 0.417 e. The fourth-order valence-electron chi connectivity index (χ4n) is 2.44. The summed E-state index contributed by atoms with van der Waals surface area (Å²) in [5.41, 5.74) is 0. The highest BCUT2D eigenvalue weighted by Gasteiger charge is 2.34. The maximum absolute atomic E-state index is 6.26. The minimum atomic E-state index is -1.21. The molecule has 0 saturated carbocycles. The highest BCUT2D eigenvalue weighted by Crippen LogP contribution is 2.32. The number of unbranched alkanes of at least 4 members (excludes halogenated alkanes) is 2. The van der Waals surface area contributed by atoms with Crippen LogP contribution in [-0.4, -0.2) is 14.9 Å². The predicted molar refractivity (Wildman–Crippen MR) is 65.2 cm³/mol. The topological polar surface area (TPSA) is 9.23 Å². The maximum atomic E-state index is 6.26. The van der Waals surface area contributed by atoms with Crippen molar-refractivity contribution in [1.82, 2.24) is 0 Å². The maximum Gasteiger partial charge on any atom is 0.192 e. The molecule has 1 saturated heterocycles.